The molecule has 0 spiro atoms. The van der Waals surface area contributed by atoms with Crippen molar-refractivity contribution in [3.8, 4) is 11.6 Å². The molecule has 1 unspecified atom stereocenters. The number of carbonyl (C=O) groups excluding carboxylic acids is 1. The van der Waals surface area contributed by atoms with Gasteiger partial charge in [-0.25, -0.2) is 4.98 Å². The lowest BCUT2D eigenvalue weighted by molar-refractivity contribution is -0.141. The average molecular weight is 366 g/mol. The monoisotopic (exact) mass is 366 g/mol. The van der Waals surface area contributed by atoms with Gasteiger partial charge in [0.2, 0.25) is 5.88 Å². The molecule has 4 rings (SSSR count). The first kappa shape index (κ1) is 17.8. The highest BCUT2D eigenvalue weighted by Gasteiger charge is 2.32. The van der Waals surface area contributed by atoms with E-state index < -0.39 is 0 Å². The van der Waals surface area contributed by atoms with Crippen molar-refractivity contribution < 1.29 is 14.3 Å². The minimum Gasteiger partial charge on any atom is -0.480 e. The van der Waals surface area contributed by atoms with Gasteiger partial charge in [0.15, 0.2) is 6.10 Å². The molecule has 1 saturated heterocycles. The highest BCUT2D eigenvalue weighted by atomic mass is 16.5. The Kier molecular flexibility index (Phi) is 5.28. The molecule has 0 saturated carbocycles. The molecule has 2 aliphatic heterocycles. The second-order valence-electron chi connectivity index (χ2n) is 7.46. The van der Waals surface area contributed by atoms with Gasteiger partial charge in [-0.2, -0.15) is 0 Å². The third-order valence-corrected chi connectivity index (χ3v) is 5.54. The minimum atomic E-state index is -0.344. The highest BCUT2D eigenvalue weighted by Crippen LogP contribution is 2.29. The predicted molar refractivity (Wildman–Crippen MR) is 103 cm³/mol. The summed E-state index contributed by atoms with van der Waals surface area (Å²) in [5, 5.41) is 0. The van der Waals surface area contributed by atoms with Crippen LogP contribution in [0.2, 0.25) is 0 Å². The largest absolute Gasteiger partial charge is 0.480 e. The second-order valence-corrected chi connectivity index (χ2v) is 7.46. The molecule has 1 amide bonds. The summed E-state index contributed by atoms with van der Waals surface area (Å²) in [4.78, 5) is 19.1. The zero-order chi connectivity index (χ0) is 18.6. The molecule has 27 heavy (non-hydrogen) atoms. The van der Waals surface area contributed by atoms with Crippen LogP contribution in [0.3, 0.4) is 0 Å². The fourth-order valence-electron chi connectivity index (χ4n) is 3.84. The van der Waals surface area contributed by atoms with E-state index in [9.17, 15) is 4.79 Å². The van der Waals surface area contributed by atoms with Crippen molar-refractivity contribution in [2.45, 2.75) is 38.7 Å². The van der Waals surface area contributed by atoms with Gasteiger partial charge in [0.1, 0.15) is 5.75 Å². The summed E-state index contributed by atoms with van der Waals surface area (Å²) in [5.74, 6) is 2.16. The van der Waals surface area contributed by atoms with Crippen molar-refractivity contribution >= 4 is 5.91 Å². The molecule has 5 nitrogen and oxygen atoms in total. The highest BCUT2D eigenvalue weighted by molar-refractivity contribution is 5.81. The molecule has 0 aliphatic carbocycles. The van der Waals surface area contributed by atoms with Crippen molar-refractivity contribution in [2.75, 3.05) is 19.7 Å². The zero-order valence-electron chi connectivity index (χ0n) is 15.8. The van der Waals surface area contributed by atoms with E-state index in [2.05, 4.69) is 11.1 Å². The number of pyridine rings is 1. The molecule has 1 aromatic heterocycles. The molecular formula is C22H26N2O3. The number of aryl methyl sites for hydroxylation is 2. The number of ether oxygens (including phenoxy) is 2. The van der Waals surface area contributed by atoms with Gasteiger partial charge >= 0.3 is 0 Å². The van der Waals surface area contributed by atoms with Crippen LogP contribution in [0.5, 0.6) is 11.6 Å². The lowest BCUT2D eigenvalue weighted by Gasteiger charge is -2.35. The van der Waals surface area contributed by atoms with Crippen molar-refractivity contribution in [1.29, 1.82) is 0 Å². The van der Waals surface area contributed by atoms with Crippen LogP contribution in [0.4, 0.5) is 0 Å². The van der Waals surface area contributed by atoms with Crippen molar-refractivity contribution in [3.05, 3.63) is 53.7 Å². The molecule has 1 aromatic carbocycles. The van der Waals surface area contributed by atoms with Crippen molar-refractivity contribution in [2.24, 2.45) is 5.92 Å². The van der Waals surface area contributed by atoms with E-state index in [1.54, 1.807) is 6.20 Å². The topological polar surface area (TPSA) is 51.7 Å². The van der Waals surface area contributed by atoms with Crippen LogP contribution in [-0.2, 0) is 11.2 Å². The summed E-state index contributed by atoms with van der Waals surface area (Å²) in [6.45, 7) is 4.21. The number of hydrogen-bond donors (Lipinski definition) is 0. The average Bonchev–Trinajstić information content (AvgIpc) is 2.73. The van der Waals surface area contributed by atoms with E-state index in [0.717, 1.165) is 50.1 Å². The zero-order valence-corrected chi connectivity index (χ0v) is 15.8. The summed E-state index contributed by atoms with van der Waals surface area (Å²) in [6.07, 6.45) is 5.00. The minimum absolute atomic E-state index is 0.129. The molecule has 142 valence electrons. The number of para-hydroxylation sites is 1. The quantitative estimate of drug-likeness (QED) is 0.832. The number of likely N-dealkylation sites (tertiary alicyclic amines) is 1. The second kappa shape index (κ2) is 7.99. The number of amides is 1. The smallest absolute Gasteiger partial charge is 0.263 e. The molecule has 3 heterocycles. The standard InChI is InChI=1S/C22H26N2O3/c1-16-5-4-12-23-21(16)26-15-17-10-13-24(14-11-17)22(25)20-9-8-18-6-2-3-7-19(18)27-20/h2-7,12,17,20H,8-11,13-15H2,1H3. The first-order valence-electron chi connectivity index (χ1n) is 9.78. The summed E-state index contributed by atoms with van der Waals surface area (Å²) >= 11 is 0. The number of benzene rings is 1. The number of hydrogen-bond acceptors (Lipinski definition) is 4. The Hall–Kier alpha value is -2.56. The molecule has 2 aliphatic rings. The summed E-state index contributed by atoms with van der Waals surface area (Å²) in [6, 6.07) is 11.9. The number of aromatic nitrogens is 1. The molecular weight excluding hydrogens is 340 g/mol. The molecule has 1 fully saturated rings. The maximum absolute atomic E-state index is 12.9. The van der Waals surface area contributed by atoms with E-state index in [0.29, 0.717) is 18.4 Å². The van der Waals surface area contributed by atoms with E-state index in [-0.39, 0.29) is 12.0 Å². The molecule has 2 aromatic rings. The molecule has 5 heteroatoms. The van der Waals surface area contributed by atoms with Gasteiger partial charge < -0.3 is 14.4 Å². The van der Waals surface area contributed by atoms with E-state index in [1.165, 1.54) is 5.56 Å². The molecule has 1 atom stereocenters. The van der Waals surface area contributed by atoms with Crippen LogP contribution in [-0.4, -0.2) is 41.6 Å². The Bertz CT molecular complexity index is 800. The first-order valence-corrected chi connectivity index (χ1v) is 9.78. The van der Waals surface area contributed by atoms with Gasteiger partial charge in [-0.15, -0.1) is 0 Å². The normalized spacial score (nSPS) is 19.9. The number of fused-ring (bicyclic) bond motifs is 1. The van der Waals surface area contributed by atoms with Crippen LogP contribution >= 0.6 is 0 Å². The fourth-order valence-corrected chi connectivity index (χ4v) is 3.84. The van der Waals surface area contributed by atoms with E-state index >= 15 is 0 Å². The van der Waals surface area contributed by atoms with Crippen LogP contribution in [0.25, 0.3) is 0 Å². The van der Waals surface area contributed by atoms with Crippen LogP contribution in [0, 0.1) is 12.8 Å². The lowest BCUT2D eigenvalue weighted by atomic mass is 9.96. The Balaban J connectivity index is 1.27. The first-order chi connectivity index (χ1) is 13.2. The van der Waals surface area contributed by atoms with Gasteiger partial charge in [-0.1, -0.05) is 24.3 Å². The van der Waals surface area contributed by atoms with Gasteiger partial charge in [-0.05, 0) is 56.2 Å². The SMILES string of the molecule is Cc1cccnc1OCC1CCN(C(=O)C2CCc3ccccc3O2)CC1. The summed E-state index contributed by atoms with van der Waals surface area (Å²) in [7, 11) is 0. The summed E-state index contributed by atoms with van der Waals surface area (Å²) in [5.41, 5.74) is 2.25. The number of nitrogens with zero attached hydrogens (tertiary/aromatic N) is 2. The predicted octanol–water partition coefficient (Wildman–Crippen LogP) is 3.40. The van der Waals surface area contributed by atoms with E-state index in [4.69, 9.17) is 9.47 Å². The van der Waals surface area contributed by atoms with E-state index in [1.807, 2.05) is 42.2 Å². The van der Waals surface area contributed by atoms with Gasteiger partial charge in [0.05, 0.1) is 6.61 Å². The maximum atomic E-state index is 12.9. The third-order valence-electron chi connectivity index (χ3n) is 5.54. The Morgan fingerprint density at radius 2 is 2.00 bits per heavy atom. The van der Waals surface area contributed by atoms with Crippen molar-refractivity contribution in [3.63, 3.8) is 0 Å². The maximum Gasteiger partial charge on any atom is 0.263 e. The Morgan fingerprint density at radius 3 is 2.81 bits per heavy atom. The van der Waals surface area contributed by atoms with Gasteiger partial charge in [-0.3, -0.25) is 4.79 Å². The Morgan fingerprint density at radius 1 is 1.19 bits per heavy atom. The fraction of sp³-hybridized carbons (Fsp3) is 0.455. The third kappa shape index (κ3) is 4.07. The molecule has 0 bridgehead atoms. The summed E-state index contributed by atoms with van der Waals surface area (Å²) < 4.78 is 11.9. The van der Waals surface area contributed by atoms with Crippen LogP contribution in [0.15, 0.2) is 42.6 Å². The molecule has 0 radical (unpaired) electrons. The lowest BCUT2D eigenvalue weighted by Crippen LogP contribution is -2.47. The number of rotatable bonds is 4. The van der Waals surface area contributed by atoms with Crippen LogP contribution in [0.1, 0.15) is 30.4 Å². The molecule has 0 N–H and O–H groups in total. The number of carbonyl (C=O) groups is 1. The Labute approximate surface area is 160 Å². The van der Waals surface area contributed by atoms with Gasteiger partial charge in [0.25, 0.3) is 5.91 Å². The van der Waals surface area contributed by atoms with Crippen molar-refractivity contribution in [1.82, 2.24) is 9.88 Å². The van der Waals surface area contributed by atoms with Crippen LogP contribution < -0.4 is 9.47 Å². The van der Waals surface area contributed by atoms with Gasteiger partial charge in [0, 0.05) is 24.8 Å². The number of piperidine rings is 1.